The molecule has 2 heterocycles. The van der Waals surface area contributed by atoms with Crippen molar-refractivity contribution in [2.24, 2.45) is 5.92 Å². The van der Waals surface area contributed by atoms with Crippen LogP contribution in [0.25, 0.3) is 0 Å². The van der Waals surface area contributed by atoms with E-state index < -0.39 is 0 Å². The molecule has 17 heavy (non-hydrogen) atoms. The third-order valence-electron chi connectivity index (χ3n) is 3.26. The molecule has 1 fully saturated rings. The number of aromatic nitrogens is 1. The van der Waals surface area contributed by atoms with Crippen LogP contribution >= 0.6 is 11.3 Å². The summed E-state index contributed by atoms with van der Waals surface area (Å²) in [7, 11) is 1.40. The van der Waals surface area contributed by atoms with Crippen LogP contribution < -0.4 is 4.90 Å². The van der Waals surface area contributed by atoms with Gasteiger partial charge in [0.2, 0.25) is 0 Å². The zero-order valence-corrected chi connectivity index (χ0v) is 11.3. The van der Waals surface area contributed by atoms with Gasteiger partial charge in [-0.1, -0.05) is 18.3 Å². The predicted molar refractivity (Wildman–Crippen MR) is 68.7 cm³/mol. The Morgan fingerprint density at radius 2 is 2.35 bits per heavy atom. The fourth-order valence-electron chi connectivity index (χ4n) is 2.28. The van der Waals surface area contributed by atoms with Gasteiger partial charge in [0.25, 0.3) is 0 Å². The predicted octanol–water partition coefficient (Wildman–Crippen LogP) is 2.55. The fraction of sp³-hybridized carbons (Fsp3) is 0.667. The molecule has 0 radical (unpaired) electrons. The Hall–Kier alpha value is -1.10. The SMILES string of the molecule is COC(=O)c1cnc(N2CCC(C)CC2C)s1. The monoisotopic (exact) mass is 254 g/mol. The average molecular weight is 254 g/mol. The van der Waals surface area contributed by atoms with Gasteiger partial charge in [-0.05, 0) is 25.7 Å². The highest BCUT2D eigenvalue weighted by molar-refractivity contribution is 7.17. The molecule has 4 nitrogen and oxygen atoms in total. The quantitative estimate of drug-likeness (QED) is 0.761. The number of hydrogen-bond acceptors (Lipinski definition) is 5. The summed E-state index contributed by atoms with van der Waals surface area (Å²) < 4.78 is 4.69. The fourth-order valence-corrected chi connectivity index (χ4v) is 3.25. The summed E-state index contributed by atoms with van der Waals surface area (Å²) in [5.41, 5.74) is 0. The molecule has 1 aliphatic heterocycles. The van der Waals surface area contributed by atoms with E-state index in [4.69, 9.17) is 4.74 Å². The van der Waals surface area contributed by atoms with Crippen molar-refractivity contribution in [1.29, 1.82) is 0 Å². The largest absolute Gasteiger partial charge is 0.465 e. The molecule has 1 saturated heterocycles. The highest BCUT2D eigenvalue weighted by Crippen LogP contribution is 2.30. The number of thiazole rings is 1. The summed E-state index contributed by atoms with van der Waals surface area (Å²) in [4.78, 5) is 18.6. The first kappa shape index (κ1) is 12.4. The zero-order valence-electron chi connectivity index (χ0n) is 10.5. The zero-order chi connectivity index (χ0) is 12.4. The maximum atomic E-state index is 11.4. The summed E-state index contributed by atoms with van der Waals surface area (Å²) in [6.07, 6.45) is 3.99. The molecule has 2 rings (SSSR count). The van der Waals surface area contributed by atoms with Crippen LogP contribution in [0.3, 0.4) is 0 Å². The number of carbonyl (C=O) groups is 1. The van der Waals surface area contributed by atoms with Crippen molar-refractivity contribution in [3.63, 3.8) is 0 Å². The van der Waals surface area contributed by atoms with E-state index in [9.17, 15) is 4.79 Å². The number of ether oxygens (including phenoxy) is 1. The molecule has 2 unspecified atom stereocenters. The normalized spacial score (nSPS) is 24.8. The molecule has 0 saturated carbocycles. The Bertz CT molecular complexity index is 405. The van der Waals surface area contributed by atoms with Crippen molar-refractivity contribution < 1.29 is 9.53 Å². The van der Waals surface area contributed by atoms with Crippen molar-refractivity contribution in [1.82, 2.24) is 4.98 Å². The minimum absolute atomic E-state index is 0.299. The summed E-state index contributed by atoms with van der Waals surface area (Å²) in [5, 5.41) is 0.935. The lowest BCUT2D eigenvalue weighted by molar-refractivity contribution is 0.0606. The molecule has 0 spiro atoms. The number of piperidine rings is 1. The van der Waals surface area contributed by atoms with Crippen LogP contribution in [0.4, 0.5) is 5.13 Å². The van der Waals surface area contributed by atoms with Crippen LogP contribution in [0.1, 0.15) is 36.4 Å². The molecule has 1 aromatic heterocycles. The molecule has 1 aliphatic rings. The van der Waals surface area contributed by atoms with Gasteiger partial charge in [-0.2, -0.15) is 0 Å². The number of esters is 1. The van der Waals surface area contributed by atoms with Crippen molar-refractivity contribution in [3.05, 3.63) is 11.1 Å². The lowest BCUT2D eigenvalue weighted by Gasteiger charge is -2.36. The van der Waals surface area contributed by atoms with E-state index in [0.29, 0.717) is 10.9 Å². The summed E-state index contributed by atoms with van der Waals surface area (Å²) in [6, 6.07) is 0.496. The Morgan fingerprint density at radius 3 is 3.00 bits per heavy atom. The van der Waals surface area contributed by atoms with Crippen LogP contribution in [-0.4, -0.2) is 30.6 Å². The molecule has 0 bridgehead atoms. The van der Waals surface area contributed by atoms with E-state index in [2.05, 4.69) is 23.7 Å². The number of hydrogen-bond donors (Lipinski definition) is 0. The first-order valence-corrected chi connectivity index (χ1v) is 6.74. The number of methoxy groups -OCH3 is 1. The molecule has 0 N–H and O–H groups in total. The number of rotatable bonds is 2. The van der Waals surface area contributed by atoms with E-state index in [0.717, 1.165) is 17.6 Å². The summed E-state index contributed by atoms with van der Waals surface area (Å²) in [6.45, 7) is 5.53. The van der Waals surface area contributed by atoms with E-state index in [-0.39, 0.29) is 5.97 Å². The van der Waals surface area contributed by atoms with Gasteiger partial charge in [0.15, 0.2) is 5.13 Å². The van der Waals surface area contributed by atoms with Crippen LogP contribution in [-0.2, 0) is 4.74 Å². The molecule has 0 aromatic carbocycles. The van der Waals surface area contributed by atoms with Crippen LogP contribution in [0, 0.1) is 5.92 Å². The first-order valence-electron chi connectivity index (χ1n) is 5.92. The van der Waals surface area contributed by atoms with E-state index in [1.54, 1.807) is 6.20 Å². The molecule has 94 valence electrons. The molecule has 0 aliphatic carbocycles. The van der Waals surface area contributed by atoms with E-state index in [1.165, 1.54) is 31.3 Å². The Labute approximate surface area is 106 Å². The molecule has 1 aromatic rings. The maximum Gasteiger partial charge on any atom is 0.349 e. The average Bonchev–Trinajstić information content (AvgIpc) is 2.77. The second kappa shape index (κ2) is 5.04. The number of anilines is 1. The second-order valence-corrected chi connectivity index (χ2v) is 5.68. The number of carbonyl (C=O) groups excluding carboxylic acids is 1. The van der Waals surface area contributed by atoms with Crippen molar-refractivity contribution in [2.75, 3.05) is 18.6 Å². The lowest BCUT2D eigenvalue weighted by atomic mass is 9.94. The van der Waals surface area contributed by atoms with Crippen LogP contribution in [0.15, 0.2) is 6.20 Å². The highest BCUT2D eigenvalue weighted by Gasteiger charge is 2.25. The number of nitrogens with zero attached hydrogens (tertiary/aromatic N) is 2. The third-order valence-corrected chi connectivity index (χ3v) is 4.28. The summed E-state index contributed by atoms with van der Waals surface area (Å²) in [5.74, 6) is 0.480. The second-order valence-electron chi connectivity index (χ2n) is 4.67. The van der Waals surface area contributed by atoms with Gasteiger partial charge in [0.1, 0.15) is 4.88 Å². The maximum absolute atomic E-state index is 11.4. The lowest BCUT2D eigenvalue weighted by Crippen LogP contribution is -2.40. The Morgan fingerprint density at radius 1 is 1.59 bits per heavy atom. The molecular weight excluding hydrogens is 236 g/mol. The molecule has 0 amide bonds. The minimum atomic E-state index is -0.299. The van der Waals surface area contributed by atoms with Crippen LogP contribution in [0.2, 0.25) is 0 Å². The van der Waals surface area contributed by atoms with Crippen molar-refractivity contribution in [3.8, 4) is 0 Å². The van der Waals surface area contributed by atoms with Gasteiger partial charge in [0, 0.05) is 12.6 Å². The van der Waals surface area contributed by atoms with Crippen molar-refractivity contribution in [2.45, 2.75) is 32.7 Å². The highest BCUT2D eigenvalue weighted by atomic mass is 32.1. The van der Waals surface area contributed by atoms with Gasteiger partial charge in [-0.3, -0.25) is 0 Å². The van der Waals surface area contributed by atoms with E-state index >= 15 is 0 Å². The van der Waals surface area contributed by atoms with Gasteiger partial charge >= 0.3 is 5.97 Å². The minimum Gasteiger partial charge on any atom is -0.465 e. The topological polar surface area (TPSA) is 42.4 Å². The van der Waals surface area contributed by atoms with Gasteiger partial charge < -0.3 is 9.64 Å². The smallest absolute Gasteiger partial charge is 0.349 e. The van der Waals surface area contributed by atoms with Crippen LogP contribution in [0.5, 0.6) is 0 Å². The molecule has 2 atom stereocenters. The first-order chi connectivity index (χ1) is 8.11. The summed E-state index contributed by atoms with van der Waals surface area (Å²) >= 11 is 1.42. The Kier molecular flexibility index (Phi) is 3.66. The van der Waals surface area contributed by atoms with Gasteiger partial charge in [-0.25, -0.2) is 9.78 Å². The van der Waals surface area contributed by atoms with Gasteiger partial charge in [-0.15, -0.1) is 0 Å². The van der Waals surface area contributed by atoms with E-state index in [1.807, 2.05) is 0 Å². The standard InChI is InChI=1S/C12H18N2O2S/c1-8-4-5-14(9(2)6-8)12-13-7-10(17-12)11(15)16-3/h7-9H,4-6H2,1-3H3. The molecule has 5 heteroatoms. The van der Waals surface area contributed by atoms with Crippen molar-refractivity contribution >= 4 is 22.4 Å². The third kappa shape index (κ3) is 2.60. The Balaban J connectivity index is 2.12. The molecular formula is C12H18N2O2S. The van der Waals surface area contributed by atoms with Gasteiger partial charge in [0.05, 0.1) is 13.3 Å².